The molecule has 1 rings (SSSR count). The maximum Gasteiger partial charge on any atom is 0.573 e. The van der Waals surface area contributed by atoms with E-state index < -0.39 is 24.8 Å². The number of para-hydroxylation sites is 1. The third-order valence-electron chi connectivity index (χ3n) is 1.71. The molecule has 1 unspecified atom stereocenters. The van der Waals surface area contributed by atoms with Gasteiger partial charge in [0.2, 0.25) is 0 Å². The van der Waals surface area contributed by atoms with Gasteiger partial charge in [0.25, 0.3) is 0 Å². The molecule has 0 saturated carbocycles. The van der Waals surface area contributed by atoms with Crippen molar-refractivity contribution in [1.29, 1.82) is 0 Å². The summed E-state index contributed by atoms with van der Waals surface area (Å²) in [4.78, 5) is 0. The van der Waals surface area contributed by atoms with Gasteiger partial charge in [-0.3, -0.25) is 0 Å². The van der Waals surface area contributed by atoms with E-state index in [0.29, 0.717) is 0 Å². The van der Waals surface area contributed by atoms with Gasteiger partial charge in [-0.15, -0.1) is 13.2 Å². The molecule has 0 spiro atoms. The molecule has 0 fully saturated rings. The molecule has 15 heavy (non-hydrogen) atoms. The van der Waals surface area contributed by atoms with Crippen molar-refractivity contribution < 1.29 is 22.3 Å². The maximum absolute atomic E-state index is 12.2. The molecule has 0 bridgehead atoms. The van der Waals surface area contributed by atoms with E-state index in [0.717, 1.165) is 6.07 Å². The average molecular weight is 223 g/mol. The lowest BCUT2D eigenvalue weighted by molar-refractivity contribution is -0.275. The maximum atomic E-state index is 12.2. The van der Waals surface area contributed by atoms with E-state index in [2.05, 4.69) is 4.74 Å². The number of benzene rings is 1. The molecule has 0 aliphatic carbocycles. The second-order valence-electron chi connectivity index (χ2n) is 2.85. The highest BCUT2D eigenvalue weighted by Crippen LogP contribution is 2.29. The molecule has 0 aliphatic rings. The monoisotopic (exact) mass is 223 g/mol. The van der Waals surface area contributed by atoms with Crippen molar-refractivity contribution in [2.24, 2.45) is 5.73 Å². The fourth-order valence-electron chi connectivity index (χ4n) is 1.09. The molecule has 0 aliphatic heterocycles. The van der Waals surface area contributed by atoms with E-state index >= 15 is 0 Å². The summed E-state index contributed by atoms with van der Waals surface area (Å²) in [7, 11) is 0. The highest BCUT2D eigenvalue weighted by molar-refractivity contribution is 5.35. The topological polar surface area (TPSA) is 35.2 Å². The summed E-state index contributed by atoms with van der Waals surface area (Å²) in [6, 6.07) is 4.11. The highest BCUT2D eigenvalue weighted by atomic mass is 19.4. The summed E-state index contributed by atoms with van der Waals surface area (Å²) in [6.07, 6.45) is -4.80. The number of ether oxygens (including phenoxy) is 1. The van der Waals surface area contributed by atoms with Gasteiger partial charge in [0.1, 0.15) is 12.4 Å². The molecular formula is C9H9F4NO. The smallest absolute Gasteiger partial charge is 0.405 e. The third-order valence-corrected chi connectivity index (χ3v) is 1.71. The number of rotatable bonds is 3. The minimum absolute atomic E-state index is 0.00248. The number of alkyl halides is 4. The van der Waals surface area contributed by atoms with E-state index in [-0.39, 0.29) is 5.56 Å². The van der Waals surface area contributed by atoms with Crippen molar-refractivity contribution in [3.8, 4) is 5.75 Å². The zero-order valence-corrected chi connectivity index (χ0v) is 7.59. The molecule has 6 heteroatoms. The number of nitrogens with two attached hydrogens (primary N) is 1. The van der Waals surface area contributed by atoms with Gasteiger partial charge < -0.3 is 10.5 Å². The molecule has 1 atom stereocenters. The first kappa shape index (κ1) is 11.8. The van der Waals surface area contributed by atoms with Gasteiger partial charge in [-0.2, -0.15) is 0 Å². The van der Waals surface area contributed by atoms with Crippen LogP contribution in [0.3, 0.4) is 0 Å². The molecular weight excluding hydrogens is 214 g/mol. The normalized spacial score (nSPS) is 13.7. The van der Waals surface area contributed by atoms with Crippen LogP contribution in [0.4, 0.5) is 17.6 Å². The first-order valence-electron chi connectivity index (χ1n) is 4.10. The Morgan fingerprint density at radius 2 is 1.87 bits per heavy atom. The Morgan fingerprint density at radius 1 is 1.27 bits per heavy atom. The van der Waals surface area contributed by atoms with Gasteiger partial charge in [0.05, 0.1) is 6.04 Å². The Balaban J connectivity index is 2.96. The minimum atomic E-state index is -4.80. The molecule has 84 valence electrons. The van der Waals surface area contributed by atoms with Crippen LogP contribution in [0.2, 0.25) is 0 Å². The van der Waals surface area contributed by atoms with Crippen LogP contribution >= 0.6 is 0 Å². The van der Waals surface area contributed by atoms with Crippen molar-refractivity contribution in [1.82, 2.24) is 0 Å². The second-order valence-corrected chi connectivity index (χ2v) is 2.85. The molecule has 1 aromatic rings. The SMILES string of the molecule is NC(CF)c1ccccc1OC(F)(F)F. The van der Waals surface area contributed by atoms with Crippen LogP contribution in [0.5, 0.6) is 5.75 Å². The van der Waals surface area contributed by atoms with Gasteiger partial charge in [-0.1, -0.05) is 18.2 Å². The van der Waals surface area contributed by atoms with Gasteiger partial charge in [0.15, 0.2) is 0 Å². The summed E-state index contributed by atoms with van der Waals surface area (Å²) in [6.45, 7) is -0.946. The van der Waals surface area contributed by atoms with Crippen LogP contribution in [0.15, 0.2) is 24.3 Å². The fraction of sp³-hybridized carbons (Fsp3) is 0.333. The van der Waals surface area contributed by atoms with Crippen LogP contribution in [-0.4, -0.2) is 13.0 Å². The average Bonchev–Trinajstić information content (AvgIpc) is 2.15. The quantitative estimate of drug-likeness (QED) is 0.799. The lowest BCUT2D eigenvalue weighted by Gasteiger charge is -2.15. The molecule has 0 heterocycles. The van der Waals surface area contributed by atoms with E-state index in [4.69, 9.17) is 5.73 Å². The molecule has 0 aromatic heterocycles. The van der Waals surface area contributed by atoms with Crippen molar-refractivity contribution in [3.05, 3.63) is 29.8 Å². The molecule has 1 aromatic carbocycles. The van der Waals surface area contributed by atoms with E-state index in [1.54, 1.807) is 0 Å². The van der Waals surface area contributed by atoms with Crippen LogP contribution < -0.4 is 10.5 Å². The van der Waals surface area contributed by atoms with Gasteiger partial charge >= 0.3 is 6.36 Å². The summed E-state index contributed by atoms with van der Waals surface area (Å²) in [5, 5.41) is 0. The van der Waals surface area contributed by atoms with Crippen LogP contribution in [-0.2, 0) is 0 Å². The lowest BCUT2D eigenvalue weighted by Crippen LogP contribution is -2.20. The van der Waals surface area contributed by atoms with Gasteiger partial charge in [-0.05, 0) is 6.07 Å². The zero-order chi connectivity index (χ0) is 11.5. The lowest BCUT2D eigenvalue weighted by atomic mass is 10.1. The Bertz CT molecular complexity index is 326. The molecule has 2 N–H and O–H groups in total. The summed E-state index contributed by atoms with van der Waals surface area (Å²) in [5.74, 6) is -0.463. The Morgan fingerprint density at radius 3 is 2.40 bits per heavy atom. The Kier molecular flexibility index (Phi) is 3.52. The first-order chi connectivity index (χ1) is 6.94. The summed E-state index contributed by atoms with van der Waals surface area (Å²) < 4.78 is 51.7. The summed E-state index contributed by atoms with van der Waals surface area (Å²) in [5.41, 5.74) is 5.29. The predicted octanol–water partition coefficient (Wildman–Crippen LogP) is 2.55. The Hall–Kier alpha value is -1.30. The van der Waals surface area contributed by atoms with Crippen molar-refractivity contribution in [2.45, 2.75) is 12.4 Å². The van der Waals surface area contributed by atoms with Gasteiger partial charge in [-0.25, -0.2) is 4.39 Å². The van der Waals surface area contributed by atoms with Crippen LogP contribution in [0.25, 0.3) is 0 Å². The second kappa shape index (κ2) is 4.48. The molecule has 0 radical (unpaired) electrons. The van der Waals surface area contributed by atoms with Crippen molar-refractivity contribution >= 4 is 0 Å². The standard InChI is InChI=1S/C9H9F4NO/c10-5-7(14)6-3-1-2-4-8(6)15-9(11,12)13/h1-4,7H,5,14H2. The fourth-order valence-corrected chi connectivity index (χ4v) is 1.09. The number of halogens is 4. The van der Waals surface area contributed by atoms with Crippen molar-refractivity contribution in [2.75, 3.05) is 6.67 Å². The van der Waals surface area contributed by atoms with Gasteiger partial charge in [0, 0.05) is 5.56 Å². The molecule has 2 nitrogen and oxygen atoms in total. The van der Waals surface area contributed by atoms with E-state index in [1.807, 2.05) is 0 Å². The van der Waals surface area contributed by atoms with Crippen LogP contribution in [0.1, 0.15) is 11.6 Å². The number of hydrogen-bond acceptors (Lipinski definition) is 2. The minimum Gasteiger partial charge on any atom is -0.405 e. The number of hydrogen-bond donors (Lipinski definition) is 1. The Labute approximate surface area is 83.6 Å². The molecule has 0 saturated heterocycles. The largest absolute Gasteiger partial charge is 0.573 e. The van der Waals surface area contributed by atoms with E-state index in [9.17, 15) is 17.6 Å². The summed E-state index contributed by atoms with van der Waals surface area (Å²) >= 11 is 0. The van der Waals surface area contributed by atoms with E-state index in [1.165, 1.54) is 18.2 Å². The molecule has 0 amide bonds. The van der Waals surface area contributed by atoms with Crippen LogP contribution in [0, 0.1) is 0 Å². The third kappa shape index (κ3) is 3.39. The first-order valence-corrected chi connectivity index (χ1v) is 4.10. The predicted molar refractivity (Wildman–Crippen MR) is 46.0 cm³/mol. The highest BCUT2D eigenvalue weighted by Gasteiger charge is 2.32. The van der Waals surface area contributed by atoms with Crippen molar-refractivity contribution in [3.63, 3.8) is 0 Å². The zero-order valence-electron chi connectivity index (χ0n) is 7.59.